The van der Waals surface area contributed by atoms with E-state index in [9.17, 15) is 4.39 Å². The van der Waals surface area contributed by atoms with Crippen LogP contribution in [-0.2, 0) is 0 Å². The van der Waals surface area contributed by atoms with Crippen LogP contribution < -0.4 is 15.4 Å². The number of nitrogens with two attached hydrogens (primary N) is 1. The molecule has 0 saturated carbocycles. The van der Waals surface area contributed by atoms with Crippen molar-refractivity contribution in [3.63, 3.8) is 0 Å². The summed E-state index contributed by atoms with van der Waals surface area (Å²) in [4.78, 5) is 1.98. The Morgan fingerprint density at radius 2 is 2.11 bits per heavy atom. The standard InChI is InChI=1S/C13H19FN2O2/c1-18-13-7-12(10(14)6-11(13)15)16-4-2-9(8-17)3-5-16/h6-7,9,17H,2-5,8,15H2,1H3. The molecular formula is C13H19FN2O2. The topological polar surface area (TPSA) is 58.7 Å². The molecule has 1 aliphatic rings. The van der Waals surface area contributed by atoms with E-state index in [0.29, 0.717) is 23.0 Å². The third kappa shape index (κ3) is 2.51. The Kier molecular flexibility index (Phi) is 3.91. The zero-order valence-electron chi connectivity index (χ0n) is 10.5. The van der Waals surface area contributed by atoms with Crippen LogP contribution in [0.1, 0.15) is 12.8 Å². The van der Waals surface area contributed by atoms with Crippen molar-refractivity contribution in [2.75, 3.05) is 37.4 Å². The van der Waals surface area contributed by atoms with Gasteiger partial charge in [-0.3, -0.25) is 0 Å². The maximum atomic E-state index is 13.9. The molecular weight excluding hydrogens is 235 g/mol. The van der Waals surface area contributed by atoms with E-state index >= 15 is 0 Å². The summed E-state index contributed by atoms with van der Waals surface area (Å²) in [5.74, 6) is 0.506. The van der Waals surface area contributed by atoms with Crippen molar-refractivity contribution in [2.24, 2.45) is 5.92 Å². The predicted octanol–water partition coefficient (Wildman–Crippen LogP) is 1.63. The third-order valence-electron chi connectivity index (χ3n) is 3.51. The molecule has 100 valence electrons. The van der Waals surface area contributed by atoms with Crippen LogP contribution in [0, 0.1) is 11.7 Å². The number of benzene rings is 1. The van der Waals surface area contributed by atoms with Gasteiger partial charge in [0.25, 0.3) is 0 Å². The van der Waals surface area contributed by atoms with Crippen molar-refractivity contribution in [1.29, 1.82) is 0 Å². The van der Waals surface area contributed by atoms with Crippen molar-refractivity contribution in [1.82, 2.24) is 0 Å². The third-order valence-corrected chi connectivity index (χ3v) is 3.51. The highest BCUT2D eigenvalue weighted by molar-refractivity contribution is 5.63. The van der Waals surface area contributed by atoms with E-state index in [4.69, 9.17) is 15.6 Å². The zero-order valence-corrected chi connectivity index (χ0v) is 10.5. The largest absolute Gasteiger partial charge is 0.495 e. The van der Waals surface area contributed by atoms with E-state index in [1.165, 1.54) is 13.2 Å². The molecule has 1 saturated heterocycles. The molecule has 4 nitrogen and oxygen atoms in total. The van der Waals surface area contributed by atoms with Crippen molar-refractivity contribution >= 4 is 11.4 Å². The number of ether oxygens (including phenoxy) is 1. The van der Waals surface area contributed by atoms with Gasteiger partial charge in [-0.25, -0.2) is 4.39 Å². The van der Waals surface area contributed by atoms with E-state index in [0.717, 1.165) is 25.9 Å². The minimum atomic E-state index is -0.323. The summed E-state index contributed by atoms with van der Waals surface area (Å²) in [7, 11) is 1.52. The lowest BCUT2D eigenvalue weighted by molar-refractivity contribution is 0.203. The molecule has 0 atom stereocenters. The number of rotatable bonds is 3. The first kappa shape index (κ1) is 13.0. The molecule has 1 aromatic rings. The number of anilines is 2. The van der Waals surface area contributed by atoms with Gasteiger partial charge in [-0.1, -0.05) is 0 Å². The van der Waals surface area contributed by atoms with E-state index in [1.807, 2.05) is 4.90 Å². The first-order valence-corrected chi connectivity index (χ1v) is 6.14. The van der Waals surface area contributed by atoms with Crippen molar-refractivity contribution in [2.45, 2.75) is 12.8 Å². The molecule has 0 radical (unpaired) electrons. The molecule has 5 heteroatoms. The average molecular weight is 254 g/mol. The first-order chi connectivity index (χ1) is 8.65. The van der Waals surface area contributed by atoms with E-state index < -0.39 is 0 Å². The number of nitrogens with zero attached hydrogens (tertiary/aromatic N) is 1. The lowest BCUT2D eigenvalue weighted by atomic mass is 9.97. The summed E-state index contributed by atoms with van der Waals surface area (Å²) in [6, 6.07) is 2.94. The van der Waals surface area contributed by atoms with E-state index in [2.05, 4.69) is 0 Å². The Hall–Kier alpha value is -1.49. The molecule has 0 spiro atoms. The van der Waals surface area contributed by atoms with Gasteiger partial charge in [-0.15, -0.1) is 0 Å². The van der Waals surface area contributed by atoms with Crippen LogP contribution in [0.5, 0.6) is 5.75 Å². The van der Waals surface area contributed by atoms with Gasteiger partial charge in [-0.2, -0.15) is 0 Å². The molecule has 0 aliphatic carbocycles. The fourth-order valence-electron chi connectivity index (χ4n) is 2.33. The van der Waals surface area contributed by atoms with Gasteiger partial charge < -0.3 is 20.5 Å². The number of halogens is 1. The lowest BCUT2D eigenvalue weighted by Gasteiger charge is -2.33. The van der Waals surface area contributed by atoms with Crippen LogP contribution in [0.15, 0.2) is 12.1 Å². The molecule has 1 aliphatic heterocycles. The summed E-state index contributed by atoms with van der Waals surface area (Å²) < 4.78 is 19.0. The second-order valence-electron chi connectivity index (χ2n) is 4.66. The SMILES string of the molecule is COc1cc(N2CCC(CO)CC2)c(F)cc1N. The molecule has 1 heterocycles. The molecule has 3 N–H and O–H groups in total. The minimum absolute atomic E-state index is 0.210. The molecule has 0 aromatic heterocycles. The minimum Gasteiger partial charge on any atom is -0.495 e. The second kappa shape index (κ2) is 5.44. The number of methoxy groups -OCH3 is 1. The highest BCUT2D eigenvalue weighted by Gasteiger charge is 2.21. The van der Waals surface area contributed by atoms with Gasteiger partial charge in [0.1, 0.15) is 11.6 Å². The van der Waals surface area contributed by atoms with Crippen LogP contribution in [0.3, 0.4) is 0 Å². The van der Waals surface area contributed by atoms with Crippen LogP contribution in [-0.4, -0.2) is 31.9 Å². The smallest absolute Gasteiger partial charge is 0.148 e. The van der Waals surface area contributed by atoms with E-state index in [1.54, 1.807) is 6.07 Å². The van der Waals surface area contributed by atoms with E-state index in [-0.39, 0.29) is 12.4 Å². The maximum absolute atomic E-state index is 13.9. The Bertz CT molecular complexity index is 418. The normalized spacial score (nSPS) is 16.9. The lowest BCUT2D eigenvalue weighted by Crippen LogP contribution is -2.35. The van der Waals surface area contributed by atoms with Crippen LogP contribution >= 0.6 is 0 Å². The highest BCUT2D eigenvalue weighted by Crippen LogP contribution is 2.32. The first-order valence-electron chi connectivity index (χ1n) is 6.14. The summed E-state index contributed by atoms with van der Waals surface area (Å²) in [5, 5.41) is 9.09. The second-order valence-corrected chi connectivity index (χ2v) is 4.66. The molecule has 2 rings (SSSR count). The summed E-state index contributed by atoms with van der Waals surface area (Å²) in [5.41, 5.74) is 6.49. The highest BCUT2D eigenvalue weighted by atomic mass is 19.1. The number of aliphatic hydroxyl groups is 1. The number of aliphatic hydroxyl groups excluding tert-OH is 1. The fourth-order valence-corrected chi connectivity index (χ4v) is 2.33. The monoisotopic (exact) mass is 254 g/mol. The van der Waals surface area contributed by atoms with Crippen molar-refractivity contribution in [3.05, 3.63) is 17.9 Å². The quantitative estimate of drug-likeness (QED) is 0.805. The fraction of sp³-hybridized carbons (Fsp3) is 0.538. The van der Waals surface area contributed by atoms with Crippen molar-refractivity contribution in [3.8, 4) is 5.75 Å². The zero-order chi connectivity index (χ0) is 13.1. The molecule has 1 fully saturated rings. The number of hydrogen-bond donors (Lipinski definition) is 2. The van der Waals surface area contributed by atoms with Crippen LogP contribution in [0.25, 0.3) is 0 Å². The Labute approximate surface area is 106 Å². The van der Waals surface area contributed by atoms with Gasteiger partial charge in [-0.05, 0) is 18.8 Å². The summed E-state index contributed by atoms with van der Waals surface area (Å²) in [6.45, 7) is 1.70. The molecule has 0 amide bonds. The maximum Gasteiger partial charge on any atom is 0.148 e. The van der Waals surface area contributed by atoms with Gasteiger partial charge in [0.05, 0.1) is 18.5 Å². The van der Waals surface area contributed by atoms with Crippen LogP contribution in [0.2, 0.25) is 0 Å². The molecule has 0 bridgehead atoms. The number of hydrogen-bond acceptors (Lipinski definition) is 4. The predicted molar refractivity (Wildman–Crippen MR) is 69.4 cm³/mol. The molecule has 0 unspecified atom stereocenters. The summed E-state index contributed by atoms with van der Waals surface area (Å²) in [6.07, 6.45) is 1.76. The Morgan fingerprint density at radius 3 is 2.67 bits per heavy atom. The Morgan fingerprint density at radius 1 is 1.44 bits per heavy atom. The summed E-state index contributed by atoms with van der Waals surface area (Å²) >= 11 is 0. The van der Waals surface area contributed by atoms with Gasteiger partial charge in [0, 0.05) is 31.8 Å². The van der Waals surface area contributed by atoms with Gasteiger partial charge in [0.2, 0.25) is 0 Å². The van der Waals surface area contributed by atoms with Crippen LogP contribution in [0.4, 0.5) is 15.8 Å². The molecule has 18 heavy (non-hydrogen) atoms. The molecule has 1 aromatic carbocycles. The van der Waals surface area contributed by atoms with Crippen molar-refractivity contribution < 1.29 is 14.2 Å². The number of piperidine rings is 1. The Balaban J connectivity index is 2.18. The van der Waals surface area contributed by atoms with Gasteiger partial charge >= 0.3 is 0 Å². The average Bonchev–Trinajstić information content (AvgIpc) is 2.39. The number of nitrogen functional groups attached to an aromatic ring is 1. The van der Waals surface area contributed by atoms with Gasteiger partial charge in [0.15, 0.2) is 0 Å².